The van der Waals surface area contributed by atoms with Crippen molar-refractivity contribution in [1.82, 2.24) is 9.21 Å². The second-order valence-corrected chi connectivity index (χ2v) is 16.4. The number of hydrogen-bond donors (Lipinski definition) is 1. The van der Waals surface area contributed by atoms with Crippen molar-refractivity contribution < 1.29 is 22.7 Å². The fourth-order valence-electron chi connectivity index (χ4n) is 8.25. The normalized spacial score (nSPS) is 26.7. The first-order chi connectivity index (χ1) is 23.2. The van der Waals surface area contributed by atoms with Crippen molar-refractivity contribution in [1.29, 1.82) is 0 Å². The Hall–Kier alpha value is -3.11. The summed E-state index contributed by atoms with van der Waals surface area (Å²) < 4.78 is 42.4. The number of rotatable bonds is 9. The number of sulfonamides is 1. The molecule has 10 heteroatoms. The van der Waals surface area contributed by atoms with Crippen molar-refractivity contribution in [2.75, 3.05) is 13.2 Å². The van der Waals surface area contributed by atoms with Crippen molar-refractivity contribution in [3.8, 4) is 22.6 Å². The van der Waals surface area contributed by atoms with Crippen LogP contribution in [-0.4, -0.2) is 67.0 Å². The monoisotopic (exact) mass is 691 g/mol. The summed E-state index contributed by atoms with van der Waals surface area (Å²) in [7, 11) is -3.97. The Morgan fingerprint density at radius 1 is 0.771 bits per heavy atom. The van der Waals surface area contributed by atoms with Crippen LogP contribution < -0.4 is 15.2 Å². The second-order valence-electron chi connectivity index (χ2n) is 14.1. The molecule has 4 fully saturated rings. The van der Waals surface area contributed by atoms with Crippen LogP contribution in [0.15, 0.2) is 77.7 Å². The number of benzene rings is 3. The lowest BCUT2D eigenvalue weighted by atomic mass is 9.90. The van der Waals surface area contributed by atoms with Crippen LogP contribution in [0.2, 0.25) is 5.02 Å². The summed E-state index contributed by atoms with van der Waals surface area (Å²) in [6.07, 6.45) is 9.91. The molecule has 3 aromatic carbocycles. The van der Waals surface area contributed by atoms with E-state index in [1.165, 1.54) is 36.4 Å². The van der Waals surface area contributed by atoms with Crippen LogP contribution in [-0.2, 0) is 14.8 Å². The Labute approximate surface area is 289 Å². The summed E-state index contributed by atoms with van der Waals surface area (Å²) >= 11 is 6.06. The maximum Gasteiger partial charge on any atom is 0.243 e. The third-order valence-electron chi connectivity index (χ3n) is 10.8. The number of nitrogens with zero attached hydrogens (tertiary/aromatic N) is 2. The van der Waals surface area contributed by atoms with E-state index >= 15 is 0 Å². The molecule has 0 aromatic heterocycles. The SMILES string of the molecule is NC1CC2CCC(C1)N2C(=O)[C@@H]1C[C@H](Oc2ccc(-c3ccc(Cl)cc3)cc2)CCN1S(=O)(=O)c1ccc(OCC2CCCCC2)cc1. The Morgan fingerprint density at radius 3 is 2.02 bits per heavy atom. The zero-order chi connectivity index (χ0) is 33.3. The van der Waals surface area contributed by atoms with E-state index in [2.05, 4.69) is 0 Å². The standard InChI is InChI=1S/C38H46ClN3O5S/c39-29-10-6-27(7-11-29)28-8-14-34(15-9-28)47-35-20-21-41(37(24-35)38(43)42-31-12-13-32(42)23-30(40)22-31)48(44,45)36-18-16-33(17-19-36)46-25-26-4-2-1-3-5-26/h6-11,14-19,26,30-32,35,37H,1-5,12-13,20-25,40H2/t30?,31?,32?,35-,37+/m1/s1. The first kappa shape index (κ1) is 33.4. The molecule has 2 bridgehead atoms. The number of fused-ring (bicyclic) bond motifs is 2. The summed E-state index contributed by atoms with van der Waals surface area (Å²) in [5.41, 5.74) is 8.42. The first-order valence-electron chi connectivity index (χ1n) is 17.6. The Bertz CT molecular complexity index is 1650. The van der Waals surface area contributed by atoms with E-state index in [0.717, 1.165) is 36.8 Å². The van der Waals surface area contributed by atoms with Gasteiger partial charge in [-0.3, -0.25) is 4.79 Å². The maximum absolute atomic E-state index is 14.4. The van der Waals surface area contributed by atoms with Crippen LogP contribution in [0.1, 0.15) is 70.6 Å². The number of nitrogens with two attached hydrogens (primary N) is 1. The molecule has 8 nitrogen and oxygen atoms in total. The van der Waals surface area contributed by atoms with Gasteiger partial charge >= 0.3 is 0 Å². The fraction of sp³-hybridized carbons (Fsp3) is 0.500. The maximum atomic E-state index is 14.4. The molecule has 3 saturated heterocycles. The van der Waals surface area contributed by atoms with Crippen molar-refractivity contribution in [3.63, 3.8) is 0 Å². The Kier molecular flexibility index (Phi) is 10.0. The van der Waals surface area contributed by atoms with E-state index in [4.69, 9.17) is 26.8 Å². The Morgan fingerprint density at radius 2 is 1.38 bits per heavy atom. The summed E-state index contributed by atoms with van der Waals surface area (Å²) in [6.45, 7) is 0.844. The molecule has 0 radical (unpaired) electrons. The molecule has 3 aliphatic heterocycles. The Balaban J connectivity index is 1.08. The summed E-state index contributed by atoms with van der Waals surface area (Å²) in [5, 5.41) is 0.687. The molecule has 2 N–H and O–H groups in total. The predicted octanol–water partition coefficient (Wildman–Crippen LogP) is 7.05. The molecule has 4 atom stereocenters. The smallest absolute Gasteiger partial charge is 0.243 e. The van der Waals surface area contributed by atoms with Crippen molar-refractivity contribution in [2.45, 2.75) is 106 Å². The van der Waals surface area contributed by atoms with Gasteiger partial charge in [0.05, 0.1) is 11.5 Å². The quantitative estimate of drug-likeness (QED) is 0.258. The number of carbonyl (C=O) groups is 1. The van der Waals surface area contributed by atoms with Gasteiger partial charge in [-0.2, -0.15) is 4.31 Å². The van der Waals surface area contributed by atoms with Crippen LogP contribution in [0.3, 0.4) is 0 Å². The van der Waals surface area contributed by atoms with Crippen LogP contribution in [0.4, 0.5) is 0 Å². The molecule has 48 heavy (non-hydrogen) atoms. The minimum atomic E-state index is -3.97. The number of piperidine rings is 2. The molecule has 256 valence electrons. The van der Waals surface area contributed by atoms with E-state index in [-0.39, 0.29) is 48.0 Å². The zero-order valence-corrected chi connectivity index (χ0v) is 29.0. The lowest BCUT2D eigenvalue weighted by Crippen LogP contribution is -2.60. The van der Waals surface area contributed by atoms with Gasteiger partial charge in [0.1, 0.15) is 23.6 Å². The van der Waals surface area contributed by atoms with Crippen molar-refractivity contribution >= 4 is 27.5 Å². The average molecular weight is 692 g/mol. The first-order valence-corrected chi connectivity index (χ1v) is 19.4. The fourth-order valence-corrected chi connectivity index (χ4v) is 9.99. The van der Waals surface area contributed by atoms with Gasteiger partial charge < -0.3 is 20.1 Å². The molecule has 2 unspecified atom stereocenters. The van der Waals surface area contributed by atoms with Gasteiger partial charge in [0.25, 0.3) is 0 Å². The molecule has 1 saturated carbocycles. The third-order valence-corrected chi connectivity index (χ3v) is 13.0. The highest BCUT2D eigenvalue weighted by Gasteiger charge is 2.49. The van der Waals surface area contributed by atoms with Crippen LogP contribution >= 0.6 is 11.6 Å². The van der Waals surface area contributed by atoms with E-state index in [1.54, 1.807) is 24.3 Å². The number of amides is 1. The second kappa shape index (κ2) is 14.4. The number of carbonyl (C=O) groups excluding carboxylic acids is 1. The molecule has 3 heterocycles. The predicted molar refractivity (Wildman–Crippen MR) is 188 cm³/mol. The van der Waals surface area contributed by atoms with Crippen LogP contribution in [0, 0.1) is 5.92 Å². The molecular formula is C38H46ClN3O5S. The topological polar surface area (TPSA) is 102 Å². The van der Waals surface area contributed by atoms with Gasteiger partial charge in [0.2, 0.25) is 15.9 Å². The summed E-state index contributed by atoms with van der Waals surface area (Å²) in [6, 6.07) is 21.5. The highest BCUT2D eigenvalue weighted by molar-refractivity contribution is 7.89. The molecule has 1 amide bonds. The van der Waals surface area contributed by atoms with Gasteiger partial charge in [-0.25, -0.2) is 8.42 Å². The molecule has 1 aliphatic carbocycles. The van der Waals surface area contributed by atoms with Gasteiger partial charge in [-0.05, 0) is 111 Å². The molecule has 3 aromatic rings. The van der Waals surface area contributed by atoms with Gasteiger partial charge in [0.15, 0.2) is 0 Å². The van der Waals surface area contributed by atoms with E-state index in [1.807, 2.05) is 53.4 Å². The summed E-state index contributed by atoms with van der Waals surface area (Å²) in [4.78, 5) is 16.5. The molecule has 4 aliphatic rings. The lowest BCUT2D eigenvalue weighted by molar-refractivity contribution is -0.142. The highest BCUT2D eigenvalue weighted by Crippen LogP contribution is 2.38. The summed E-state index contributed by atoms with van der Waals surface area (Å²) in [5.74, 6) is 1.78. The molecule has 7 rings (SSSR count). The number of hydrogen-bond acceptors (Lipinski definition) is 6. The van der Waals surface area contributed by atoms with Crippen LogP contribution in [0.25, 0.3) is 11.1 Å². The largest absolute Gasteiger partial charge is 0.493 e. The van der Waals surface area contributed by atoms with Gasteiger partial charge in [-0.15, -0.1) is 0 Å². The zero-order valence-electron chi connectivity index (χ0n) is 27.4. The van der Waals surface area contributed by atoms with Gasteiger partial charge in [0, 0.05) is 36.1 Å². The minimum absolute atomic E-state index is 0.0538. The van der Waals surface area contributed by atoms with Crippen molar-refractivity contribution in [3.05, 3.63) is 77.8 Å². The van der Waals surface area contributed by atoms with E-state index < -0.39 is 16.1 Å². The van der Waals surface area contributed by atoms with Crippen molar-refractivity contribution in [2.24, 2.45) is 11.7 Å². The number of halogens is 1. The van der Waals surface area contributed by atoms with E-state index in [9.17, 15) is 13.2 Å². The third kappa shape index (κ3) is 7.25. The average Bonchev–Trinajstić information content (AvgIpc) is 3.38. The van der Waals surface area contributed by atoms with E-state index in [0.29, 0.717) is 35.5 Å². The lowest BCUT2D eigenvalue weighted by Gasteiger charge is -2.44. The number of ether oxygens (including phenoxy) is 2. The highest BCUT2D eigenvalue weighted by atomic mass is 35.5. The van der Waals surface area contributed by atoms with Crippen LogP contribution in [0.5, 0.6) is 11.5 Å². The molecule has 0 spiro atoms. The van der Waals surface area contributed by atoms with Gasteiger partial charge in [-0.1, -0.05) is 55.1 Å². The minimum Gasteiger partial charge on any atom is -0.493 e. The molecular weight excluding hydrogens is 646 g/mol.